The van der Waals surface area contributed by atoms with Gasteiger partial charge in [-0.1, -0.05) is 20.8 Å². The lowest BCUT2D eigenvalue weighted by Gasteiger charge is -2.33. The Balaban J connectivity index is 1.71. The maximum absolute atomic E-state index is 12.1. The summed E-state index contributed by atoms with van der Waals surface area (Å²) in [5.74, 6) is 2.10. The van der Waals surface area contributed by atoms with Gasteiger partial charge in [0, 0.05) is 36.5 Å². The zero-order chi connectivity index (χ0) is 16.7. The van der Waals surface area contributed by atoms with Gasteiger partial charge in [-0.05, 0) is 37.1 Å². The van der Waals surface area contributed by atoms with E-state index in [1.807, 2.05) is 23.9 Å². The van der Waals surface area contributed by atoms with Crippen LogP contribution in [0.2, 0.25) is 0 Å². The molecule has 1 amide bonds. The molecule has 1 aliphatic heterocycles. The van der Waals surface area contributed by atoms with Gasteiger partial charge in [-0.3, -0.25) is 4.79 Å². The summed E-state index contributed by atoms with van der Waals surface area (Å²) in [6, 6.07) is 4.09. The van der Waals surface area contributed by atoms with Gasteiger partial charge >= 0.3 is 0 Å². The molecule has 1 aromatic rings. The lowest BCUT2D eigenvalue weighted by molar-refractivity contribution is -0.121. The Labute approximate surface area is 143 Å². The van der Waals surface area contributed by atoms with E-state index in [0.29, 0.717) is 6.42 Å². The van der Waals surface area contributed by atoms with Crippen LogP contribution in [0.4, 0.5) is 5.82 Å². The van der Waals surface area contributed by atoms with Gasteiger partial charge in [0.1, 0.15) is 0 Å². The van der Waals surface area contributed by atoms with E-state index in [2.05, 4.69) is 41.2 Å². The zero-order valence-corrected chi connectivity index (χ0v) is 15.2. The van der Waals surface area contributed by atoms with Crippen molar-refractivity contribution in [1.29, 1.82) is 0 Å². The Hall–Kier alpha value is -1.30. The minimum absolute atomic E-state index is 0.172. The van der Waals surface area contributed by atoms with E-state index >= 15 is 0 Å². The van der Waals surface area contributed by atoms with Gasteiger partial charge in [-0.15, -0.1) is 5.10 Å². The molecular weight excluding hydrogens is 308 g/mol. The van der Waals surface area contributed by atoms with E-state index < -0.39 is 0 Å². The fraction of sp³-hybridized carbons (Fsp3) is 0.706. The van der Waals surface area contributed by atoms with Crippen molar-refractivity contribution in [3.05, 3.63) is 18.3 Å². The summed E-state index contributed by atoms with van der Waals surface area (Å²) < 4.78 is 0.275. The van der Waals surface area contributed by atoms with E-state index in [0.717, 1.165) is 43.9 Å². The maximum Gasteiger partial charge on any atom is 0.220 e. The van der Waals surface area contributed by atoms with Crippen molar-refractivity contribution in [2.45, 2.75) is 57.2 Å². The second-order valence-corrected chi connectivity index (χ2v) is 8.92. The van der Waals surface area contributed by atoms with Crippen LogP contribution in [0.5, 0.6) is 0 Å². The molecule has 1 fully saturated rings. The van der Waals surface area contributed by atoms with E-state index in [9.17, 15) is 4.79 Å². The average molecular weight is 337 g/mol. The van der Waals surface area contributed by atoms with Crippen molar-refractivity contribution in [2.24, 2.45) is 0 Å². The third-order valence-corrected chi connectivity index (χ3v) is 5.11. The molecule has 0 saturated carbocycles. The van der Waals surface area contributed by atoms with Crippen molar-refractivity contribution in [1.82, 2.24) is 15.5 Å². The second-order valence-electron chi connectivity index (χ2n) is 7.00. The molecule has 23 heavy (non-hydrogen) atoms. The minimum Gasteiger partial charge on any atom is -0.353 e. The van der Waals surface area contributed by atoms with Crippen LogP contribution in [-0.4, -0.2) is 45.7 Å². The third-order valence-electron chi connectivity index (χ3n) is 3.75. The lowest BCUT2D eigenvalue weighted by Crippen LogP contribution is -2.48. The van der Waals surface area contributed by atoms with Gasteiger partial charge in [-0.25, -0.2) is 0 Å². The van der Waals surface area contributed by atoms with Crippen molar-refractivity contribution in [3.63, 3.8) is 0 Å². The second kappa shape index (κ2) is 8.52. The highest BCUT2D eigenvalue weighted by Gasteiger charge is 2.22. The molecular formula is C17H28N4OS. The van der Waals surface area contributed by atoms with Crippen molar-refractivity contribution >= 4 is 23.5 Å². The summed E-state index contributed by atoms with van der Waals surface area (Å²) in [7, 11) is 0. The van der Waals surface area contributed by atoms with Crippen molar-refractivity contribution in [2.75, 3.05) is 23.7 Å². The molecule has 6 heteroatoms. The molecule has 1 N–H and O–H groups in total. The summed E-state index contributed by atoms with van der Waals surface area (Å²) in [6.45, 7) is 8.43. The maximum atomic E-state index is 12.1. The molecule has 2 heterocycles. The number of amides is 1. The molecule has 0 aromatic carbocycles. The Morgan fingerprint density at radius 1 is 1.48 bits per heavy atom. The van der Waals surface area contributed by atoms with Gasteiger partial charge in [0.15, 0.2) is 5.82 Å². The first-order valence-corrected chi connectivity index (χ1v) is 9.38. The zero-order valence-electron chi connectivity index (χ0n) is 14.4. The van der Waals surface area contributed by atoms with Crippen molar-refractivity contribution in [3.8, 4) is 0 Å². The minimum atomic E-state index is 0.172. The molecule has 0 spiro atoms. The Kier molecular flexibility index (Phi) is 6.69. The number of rotatable bonds is 6. The number of carbonyl (C=O) groups excluding carboxylic acids is 1. The predicted octanol–water partition coefficient (Wildman–Crippen LogP) is 2.87. The summed E-state index contributed by atoms with van der Waals surface area (Å²) in [6.07, 6.45) is 5.35. The van der Waals surface area contributed by atoms with Crippen LogP contribution in [-0.2, 0) is 4.79 Å². The standard InChI is InChI=1S/C17H28N4OS/c1-17(2,3)23-12-6-9-16(22)19-14-7-5-11-21(13-14)15-8-4-10-18-20-15/h4,8,10,14H,5-7,9,11-13H2,1-3H3,(H,19,22). The van der Waals surface area contributed by atoms with Gasteiger partial charge in [0.2, 0.25) is 5.91 Å². The first-order chi connectivity index (χ1) is 10.9. The van der Waals surface area contributed by atoms with Crippen LogP contribution in [0.15, 0.2) is 18.3 Å². The van der Waals surface area contributed by atoms with Crippen LogP contribution >= 0.6 is 11.8 Å². The number of piperidine rings is 1. The number of hydrogen-bond donors (Lipinski definition) is 1. The van der Waals surface area contributed by atoms with Crippen LogP contribution in [0.3, 0.4) is 0 Å². The van der Waals surface area contributed by atoms with Crippen LogP contribution < -0.4 is 10.2 Å². The summed E-state index contributed by atoms with van der Waals surface area (Å²) in [5, 5.41) is 11.3. The summed E-state index contributed by atoms with van der Waals surface area (Å²) in [4.78, 5) is 14.3. The van der Waals surface area contributed by atoms with Gasteiger partial charge in [-0.2, -0.15) is 16.9 Å². The number of aromatic nitrogens is 2. The Morgan fingerprint density at radius 2 is 2.30 bits per heavy atom. The monoisotopic (exact) mass is 336 g/mol. The molecule has 0 aliphatic carbocycles. The molecule has 1 aromatic heterocycles. The van der Waals surface area contributed by atoms with E-state index in [1.54, 1.807) is 6.20 Å². The van der Waals surface area contributed by atoms with Gasteiger partial charge < -0.3 is 10.2 Å². The van der Waals surface area contributed by atoms with Crippen molar-refractivity contribution < 1.29 is 4.79 Å². The normalized spacial score (nSPS) is 18.7. The number of nitrogens with zero attached hydrogens (tertiary/aromatic N) is 3. The van der Waals surface area contributed by atoms with Crippen LogP contribution in [0.25, 0.3) is 0 Å². The highest BCUT2D eigenvalue weighted by atomic mass is 32.2. The highest BCUT2D eigenvalue weighted by Crippen LogP contribution is 2.24. The molecule has 0 radical (unpaired) electrons. The Morgan fingerprint density at radius 3 is 3.00 bits per heavy atom. The average Bonchev–Trinajstić information content (AvgIpc) is 2.52. The first-order valence-electron chi connectivity index (χ1n) is 8.40. The smallest absolute Gasteiger partial charge is 0.220 e. The molecule has 1 unspecified atom stereocenters. The van der Waals surface area contributed by atoms with Crippen LogP contribution in [0, 0.1) is 0 Å². The van der Waals surface area contributed by atoms with E-state index in [1.165, 1.54) is 0 Å². The molecule has 1 aliphatic rings. The molecule has 128 valence electrons. The predicted molar refractivity (Wildman–Crippen MR) is 96.9 cm³/mol. The summed E-state index contributed by atoms with van der Waals surface area (Å²) >= 11 is 1.92. The third kappa shape index (κ3) is 6.77. The molecule has 5 nitrogen and oxygen atoms in total. The molecule has 0 bridgehead atoms. The number of carbonyl (C=O) groups is 1. The van der Waals surface area contributed by atoms with Gasteiger partial charge in [0.05, 0.1) is 0 Å². The number of anilines is 1. The lowest BCUT2D eigenvalue weighted by atomic mass is 10.1. The fourth-order valence-corrected chi connectivity index (χ4v) is 3.58. The quantitative estimate of drug-likeness (QED) is 0.810. The first kappa shape index (κ1) is 18.0. The largest absolute Gasteiger partial charge is 0.353 e. The SMILES string of the molecule is CC(C)(C)SCCCC(=O)NC1CCCN(c2cccnn2)C1. The topological polar surface area (TPSA) is 58.1 Å². The molecule has 1 saturated heterocycles. The molecule has 2 rings (SSSR count). The summed E-state index contributed by atoms with van der Waals surface area (Å²) in [5.41, 5.74) is 0. The highest BCUT2D eigenvalue weighted by molar-refractivity contribution is 8.00. The fourth-order valence-electron chi connectivity index (χ4n) is 2.68. The number of nitrogens with one attached hydrogen (secondary N) is 1. The van der Waals surface area contributed by atoms with E-state index in [-0.39, 0.29) is 16.7 Å². The van der Waals surface area contributed by atoms with E-state index in [4.69, 9.17) is 0 Å². The molecule has 1 atom stereocenters. The van der Waals surface area contributed by atoms with Gasteiger partial charge in [0.25, 0.3) is 0 Å². The number of hydrogen-bond acceptors (Lipinski definition) is 5. The van der Waals surface area contributed by atoms with Crippen LogP contribution in [0.1, 0.15) is 46.5 Å². The Bertz CT molecular complexity index is 489. The number of thioether (sulfide) groups is 1.